The lowest BCUT2D eigenvalue weighted by molar-refractivity contribution is -0.127. The van der Waals surface area contributed by atoms with Crippen LogP contribution in [-0.4, -0.2) is 23.9 Å². The predicted molar refractivity (Wildman–Crippen MR) is 75.5 cm³/mol. The number of ketones is 1. The average molecular weight is 311 g/mol. The minimum Gasteiger partial charge on any atom is -0.316 e. The van der Waals surface area contributed by atoms with E-state index < -0.39 is 0 Å². The van der Waals surface area contributed by atoms with Gasteiger partial charge in [-0.05, 0) is 47.4 Å². The van der Waals surface area contributed by atoms with Crippen LogP contribution in [-0.2, 0) is 11.2 Å². The Labute approximate surface area is 117 Å². The van der Waals surface area contributed by atoms with Gasteiger partial charge in [-0.25, -0.2) is 0 Å². The fourth-order valence-electron chi connectivity index (χ4n) is 2.68. The Morgan fingerprint density at radius 3 is 2.94 bits per heavy atom. The van der Waals surface area contributed by atoms with E-state index in [9.17, 15) is 4.79 Å². The average Bonchev–Trinajstić information content (AvgIpc) is 2.82. The third kappa shape index (κ3) is 2.98. The van der Waals surface area contributed by atoms with Crippen LogP contribution in [0.1, 0.15) is 31.9 Å². The van der Waals surface area contributed by atoms with Gasteiger partial charge >= 0.3 is 0 Å². The Kier molecular flexibility index (Phi) is 4.51. The summed E-state index contributed by atoms with van der Waals surface area (Å²) in [6, 6.07) is 3.86. The Balaban J connectivity index is 2.07. The van der Waals surface area contributed by atoms with Crippen LogP contribution in [0.3, 0.4) is 0 Å². The second kappa shape index (κ2) is 5.93. The van der Waals surface area contributed by atoms with E-state index in [0.29, 0.717) is 12.2 Å². The fourth-order valence-corrected chi connectivity index (χ4v) is 2.91. The lowest BCUT2D eigenvalue weighted by atomic mass is 9.77. The molecule has 1 fully saturated rings. The molecule has 1 unspecified atom stereocenters. The van der Waals surface area contributed by atoms with Crippen LogP contribution in [0.2, 0.25) is 0 Å². The van der Waals surface area contributed by atoms with Gasteiger partial charge < -0.3 is 5.32 Å². The molecule has 1 atom stereocenters. The molecule has 2 heterocycles. The number of nitrogens with one attached hydrogen (secondary N) is 1. The molecule has 1 saturated heterocycles. The number of rotatable bonds is 5. The SMILES string of the molecule is CCCC1(C(=O)Cc2ccc(Br)cn2)CCNC1. The van der Waals surface area contributed by atoms with E-state index >= 15 is 0 Å². The zero-order valence-corrected chi connectivity index (χ0v) is 12.3. The monoisotopic (exact) mass is 310 g/mol. The number of Topliss-reactive ketones (excluding diaryl/α,β-unsaturated/α-hetero) is 1. The first-order chi connectivity index (χ1) is 8.66. The van der Waals surface area contributed by atoms with Crippen molar-refractivity contribution in [2.24, 2.45) is 5.41 Å². The maximum atomic E-state index is 12.5. The predicted octanol–water partition coefficient (Wildman–Crippen LogP) is 2.74. The van der Waals surface area contributed by atoms with Gasteiger partial charge in [-0.15, -0.1) is 0 Å². The van der Waals surface area contributed by atoms with Crippen molar-refractivity contribution in [1.29, 1.82) is 0 Å². The third-order valence-electron chi connectivity index (χ3n) is 3.69. The number of carbonyl (C=O) groups excluding carboxylic acids is 1. The first-order valence-electron chi connectivity index (χ1n) is 6.51. The molecule has 1 aromatic rings. The molecule has 1 N–H and O–H groups in total. The Morgan fingerprint density at radius 2 is 2.39 bits per heavy atom. The fraction of sp³-hybridized carbons (Fsp3) is 0.571. The van der Waals surface area contributed by atoms with Crippen LogP contribution >= 0.6 is 15.9 Å². The number of nitrogens with zero attached hydrogens (tertiary/aromatic N) is 1. The maximum absolute atomic E-state index is 12.5. The van der Waals surface area contributed by atoms with Crippen molar-refractivity contribution in [2.75, 3.05) is 13.1 Å². The van der Waals surface area contributed by atoms with E-state index in [1.54, 1.807) is 6.20 Å². The quantitative estimate of drug-likeness (QED) is 0.909. The topological polar surface area (TPSA) is 42.0 Å². The van der Waals surface area contributed by atoms with Crippen molar-refractivity contribution in [1.82, 2.24) is 10.3 Å². The van der Waals surface area contributed by atoms with E-state index in [1.807, 2.05) is 12.1 Å². The van der Waals surface area contributed by atoms with Crippen molar-refractivity contribution < 1.29 is 4.79 Å². The molecule has 2 rings (SSSR count). The van der Waals surface area contributed by atoms with Gasteiger partial charge in [0.05, 0.1) is 0 Å². The Hall–Kier alpha value is -0.740. The van der Waals surface area contributed by atoms with Gasteiger partial charge in [0.1, 0.15) is 5.78 Å². The van der Waals surface area contributed by atoms with Crippen LogP contribution < -0.4 is 5.32 Å². The second-order valence-corrected chi connectivity index (χ2v) is 5.94. The molecule has 0 spiro atoms. The molecule has 0 saturated carbocycles. The zero-order valence-electron chi connectivity index (χ0n) is 10.7. The van der Waals surface area contributed by atoms with Crippen LogP contribution in [0.5, 0.6) is 0 Å². The van der Waals surface area contributed by atoms with Crippen LogP contribution in [0.15, 0.2) is 22.8 Å². The molecule has 3 nitrogen and oxygen atoms in total. The summed E-state index contributed by atoms with van der Waals surface area (Å²) < 4.78 is 0.949. The van der Waals surface area contributed by atoms with Crippen molar-refractivity contribution in [3.05, 3.63) is 28.5 Å². The van der Waals surface area contributed by atoms with Gasteiger partial charge in [0.15, 0.2) is 0 Å². The first kappa shape index (κ1) is 13.7. The molecule has 4 heteroatoms. The number of pyridine rings is 1. The standard InChI is InChI=1S/C14H19BrN2O/c1-2-5-14(6-7-16-10-14)13(18)8-12-4-3-11(15)9-17-12/h3-4,9,16H,2,5-8,10H2,1H3. The molecule has 98 valence electrons. The summed E-state index contributed by atoms with van der Waals surface area (Å²) >= 11 is 3.36. The highest BCUT2D eigenvalue weighted by Crippen LogP contribution is 2.33. The van der Waals surface area contributed by atoms with Gasteiger partial charge in [-0.3, -0.25) is 9.78 Å². The largest absolute Gasteiger partial charge is 0.316 e. The van der Waals surface area contributed by atoms with E-state index in [2.05, 4.69) is 33.2 Å². The molecular formula is C14H19BrN2O. The highest BCUT2D eigenvalue weighted by Gasteiger charge is 2.39. The summed E-state index contributed by atoms with van der Waals surface area (Å²) in [5.41, 5.74) is 0.717. The molecule has 0 amide bonds. The van der Waals surface area contributed by atoms with E-state index in [4.69, 9.17) is 0 Å². The summed E-state index contributed by atoms with van der Waals surface area (Å²) in [6.07, 6.45) is 5.21. The lowest BCUT2D eigenvalue weighted by Gasteiger charge is -2.26. The van der Waals surface area contributed by atoms with Crippen molar-refractivity contribution in [3.8, 4) is 0 Å². The molecule has 18 heavy (non-hydrogen) atoms. The minimum atomic E-state index is -0.149. The van der Waals surface area contributed by atoms with E-state index in [-0.39, 0.29) is 5.41 Å². The third-order valence-corrected chi connectivity index (χ3v) is 4.16. The Morgan fingerprint density at radius 1 is 1.56 bits per heavy atom. The summed E-state index contributed by atoms with van der Waals surface area (Å²) in [6.45, 7) is 3.93. The number of aromatic nitrogens is 1. The number of hydrogen-bond donors (Lipinski definition) is 1. The molecule has 0 aromatic carbocycles. The zero-order chi connectivity index (χ0) is 13.0. The molecule has 0 bridgehead atoms. The van der Waals surface area contributed by atoms with E-state index in [1.165, 1.54) is 0 Å². The van der Waals surface area contributed by atoms with Gasteiger partial charge in [-0.1, -0.05) is 13.3 Å². The minimum absolute atomic E-state index is 0.149. The molecule has 1 aromatic heterocycles. The maximum Gasteiger partial charge on any atom is 0.146 e. The summed E-state index contributed by atoms with van der Waals surface area (Å²) in [5.74, 6) is 0.337. The molecule has 1 aliphatic rings. The van der Waals surface area contributed by atoms with Gasteiger partial charge in [-0.2, -0.15) is 0 Å². The molecule has 0 aliphatic carbocycles. The normalized spacial score (nSPS) is 23.2. The van der Waals surface area contributed by atoms with Crippen molar-refractivity contribution in [2.45, 2.75) is 32.6 Å². The summed E-state index contributed by atoms with van der Waals surface area (Å²) in [5, 5.41) is 3.33. The van der Waals surface area contributed by atoms with Crippen molar-refractivity contribution >= 4 is 21.7 Å². The number of hydrogen-bond acceptors (Lipinski definition) is 3. The number of carbonyl (C=O) groups is 1. The lowest BCUT2D eigenvalue weighted by Crippen LogP contribution is -2.34. The second-order valence-electron chi connectivity index (χ2n) is 5.02. The first-order valence-corrected chi connectivity index (χ1v) is 7.30. The van der Waals surface area contributed by atoms with Gasteiger partial charge in [0.25, 0.3) is 0 Å². The van der Waals surface area contributed by atoms with Crippen LogP contribution in [0.4, 0.5) is 0 Å². The van der Waals surface area contributed by atoms with Crippen LogP contribution in [0, 0.1) is 5.41 Å². The molecule has 1 aliphatic heterocycles. The summed E-state index contributed by atoms with van der Waals surface area (Å²) in [4.78, 5) is 16.8. The molecular weight excluding hydrogens is 292 g/mol. The van der Waals surface area contributed by atoms with E-state index in [0.717, 1.165) is 42.5 Å². The van der Waals surface area contributed by atoms with Gasteiger partial charge in [0, 0.05) is 34.7 Å². The number of halogens is 1. The summed E-state index contributed by atoms with van der Waals surface area (Å²) in [7, 11) is 0. The molecule has 0 radical (unpaired) electrons. The van der Waals surface area contributed by atoms with Gasteiger partial charge in [0.2, 0.25) is 0 Å². The van der Waals surface area contributed by atoms with Crippen LogP contribution in [0.25, 0.3) is 0 Å². The highest BCUT2D eigenvalue weighted by atomic mass is 79.9. The smallest absolute Gasteiger partial charge is 0.146 e. The van der Waals surface area contributed by atoms with Crippen molar-refractivity contribution in [3.63, 3.8) is 0 Å². The Bertz CT molecular complexity index is 410. The highest BCUT2D eigenvalue weighted by molar-refractivity contribution is 9.10.